The molecular formula is C9H17N3O. The topological polar surface area (TPSA) is 44.4 Å². The second kappa shape index (κ2) is 4.07. The predicted octanol–water partition coefficient (Wildman–Crippen LogP) is -0.830. The SMILES string of the molecule is O=C1CC(N2CCNCC2)CCN1. The molecule has 13 heavy (non-hydrogen) atoms. The number of nitrogens with zero attached hydrogens (tertiary/aromatic N) is 1. The molecular weight excluding hydrogens is 166 g/mol. The maximum absolute atomic E-state index is 11.2. The van der Waals surface area contributed by atoms with Gasteiger partial charge in [-0.15, -0.1) is 0 Å². The highest BCUT2D eigenvalue weighted by molar-refractivity contribution is 5.77. The van der Waals surface area contributed by atoms with Crippen molar-refractivity contribution < 1.29 is 4.79 Å². The van der Waals surface area contributed by atoms with E-state index in [-0.39, 0.29) is 5.91 Å². The van der Waals surface area contributed by atoms with Crippen LogP contribution in [-0.4, -0.2) is 49.6 Å². The summed E-state index contributed by atoms with van der Waals surface area (Å²) in [7, 11) is 0. The van der Waals surface area contributed by atoms with E-state index in [0.717, 1.165) is 39.1 Å². The van der Waals surface area contributed by atoms with Crippen LogP contribution >= 0.6 is 0 Å². The van der Waals surface area contributed by atoms with Crippen molar-refractivity contribution in [2.45, 2.75) is 18.9 Å². The molecule has 0 aromatic heterocycles. The zero-order valence-electron chi connectivity index (χ0n) is 7.88. The largest absolute Gasteiger partial charge is 0.356 e. The first-order valence-corrected chi connectivity index (χ1v) is 5.08. The fraction of sp³-hybridized carbons (Fsp3) is 0.889. The molecule has 4 nitrogen and oxygen atoms in total. The minimum atomic E-state index is 0.217. The number of hydrogen-bond donors (Lipinski definition) is 2. The number of amides is 1. The molecule has 1 amide bonds. The number of nitrogens with one attached hydrogen (secondary N) is 2. The summed E-state index contributed by atoms with van der Waals surface area (Å²) in [4.78, 5) is 13.6. The van der Waals surface area contributed by atoms with Gasteiger partial charge in [-0.2, -0.15) is 0 Å². The lowest BCUT2D eigenvalue weighted by atomic mass is 10.0. The van der Waals surface area contributed by atoms with Gasteiger partial charge in [-0.1, -0.05) is 0 Å². The summed E-state index contributed by atoms with van der Waals surface area (Å²) < 4.78 is 0. The van der Waals surface area contributed by atoms with E-state index in [1.54, 1.807) is 0 Å². The van der Waals surface area contributed by atoms with E-state index in [4.69, 9.17) is 0 Å². The fourth-order valence-electron chi connectivity index (χ4n) is 2.13. The lowest BCUT2D eigenvalue weighted by Gasteiger charge is -2.36. The van der Waals surface area contributed by atoms with E-state index in [2.05, 4.69) is 15.5 Å². The third-order valence-corrected chi connectivity index (χ3v) is 2.89. The van der Waals surface area contributed by atoms with Crippen LogP contribution in [0.5, 0.6) is 0 Å². The highest BCUT2D eigenvalue weighted by Crippen LogP contribution is 2.12. The average molecular weight is 183 g/mol. The lowest BCUT2D eigenvalue weighted by molar-refractivity contribution is -0.124. The van der Waals surface area contributed by atoms with Gasteiger partial charge in [0.15, 0.2) is 0 Å². The Labute approximate surface area is 78.7 Å². The molecule has 0 aromatic carbocycles. The van der Waals surface area contributed by atoms with Crippen LogP contribution in [0, 0.1) is 0 Å². The molecule has 0 saturated carbocycles. The first-order valence-electron chi connectivity index (χ1n) is 5.08. The summed E-state index contributed by atoms with van der Waals surface area (Å²) in [6.45, 7) is 5.18. The fourth-order valence-corrected chi connectivity index (χ4v) is 2.13. The van der Waals surface area contributed by atoms with Crippen molar-refractivity contribution in [3.05, 3.63) is 0 Å². The molecule has 1 atom stereocenters. The van der Waals surface area contributed by atoms with Crippen LogP contribution in [0.3, 0.4) is 0 Å². The molecule has 74 valence electrons. The number of carbonyl (C=O) groups is 1. The molecule has 0 aromatic rings. The first kappa shape index (κ1) is 8.97. The zero-order valence-corrected chi connectivity index (χ0v) is 7.88. The van der Waals surface area contributed by atoms with Crippen LogP contribution in [0.1, 0.15) is 12.8 Å². The van der Waals surface area contributed by atoms with Crippen LogP contribution in [-0.2, 0) is 4.79 Å². The van der Waals surface area contributed by atoms with Gasteiger partial charge in [-0.25, -0.2) is 0 Å². The van der Waals surface area contributed by atoms with Gasteiger partial charge >= 0.3 is 0 Å². The van der Waals surface area contributed by atoms with Crippen LogP contribution in [0.15, 0.2) is 0 Å². The van der Waals surface area contributed by atoms with Crippen molar-refractivity contribution in [1.29, 1.82) is 0 Å². The molecule has 2 N–H and O–H groups in total. The zero-order chi connectivity index (χ0) is 9.10. The lowest BCUT2D eigenvalue weighted by Crippen LogP contribution is -2.52. The number of piperidine rings is 1. The minimum absolute atomic E-state index is 0.217. The highest BCUT2D eigenvalue weighted by Gasteiger charge is 2.25. The van der Waals surface area contributed by atoms with Gasteiger partial charge in [0.2, 0.25) is 5.91 Å². The van der Waals surface area contributed by atoms with E-state index >= 15 is 0 Å². The summed E-state index contributed by atoms with van der Waals surface area (Å²) in [6, 6.07) is 0.496. The summed E-state index contributed by atoms with van der Waals surface area (Å²) >= 11 is 0. The number of piperazine rings is 1. The van der Waals surface area contributed by atoms with E-state index in [0.29, 0.717) is 12.5 Å². The molecule has 2 aliphatic heterocycles. The van der Waals surface area contributed by atoms with Gasteiger partial charge in [-0.05, 0) is 6.42 Å². The van der Waals surface area contributed by atoms with E-state index in [1.807, 2.05) is 0 Å². The average Bonchev–Trinajstić information content (AvgIpc) is 2.19. The second-order valence-electron chi connectivity index (χ2n) is 3.78. The molecule has 2 fully saturated rings. The van der Waals surface area contributed by atoms with Gasteiger partial charge in [-0.3, -0.25) is 9.69 Å². The van der Waals surface area contributed by atoms with Crippen molar-refractivity contribution in [3.8, 4) is 0 Å². The molecule has 4 heteroatoms. The summed E-state index contributed by atoms with van der Waals surface area (Å²) in [5, 5.41) is 6.19. The van der Waals surface area contributed by atoms with Crippen LogP contribution in [0.25, 0.3) is 0 Å². The van der Waals surface area contributed by atoms with Gasteiger partial charge < -0.3 is 10.6 Å². The summed E-state index contributed by atoms with van der Waals surface area (Å²) in [6.07, 6.45) is 1.81. The van der Waals surface area contributed by atoms with Crippen molar-refractivity contribution >= 4 is 5.91 Å². The number of hydrogen-bond acceptors (Lipinski definition) is 3. The third kappa shape index (κ3) is 2.19. The van der Waals surface area contributed by atoms with Crippen molar-refractivity contribution in [2.24, 2.45) is 0 Å². The number of rotatable bonds is 1. The maximum Gasteiger partial charge on any atom is 0.221 e. The Hall–Kier alpha value is -0.610. The van der Waals surface area contributed by atoms with Crippen molar-refractivity contribution in [3.63, 3.8) is 0 Å². The summed E-state index contributed by atoms with van der Waals surface area (Å²) in [5.74, 6) is 0.217. The first-order chi connectivity index (χ1) is 6.36. The Kier molecular flexibility index (Phi) is 2.80. The Balaban J connectivity index is 1.87. The van der Waals surface area contributed by atoms with Crippen LogP contribution < -0.4 is 10.6 Å². The molecule has 0 radical (unpaired) electrons. The minimum Gasteiger partial charge on any atom is -0.356 e. The van der Waals surface area contributed by atoms with Crippen molar-refractivity contribution in [1.82, 2.24) is 15.5 Å². The van der Waals surface area contributed by atoms with Gasteiger partial charge in [0, 0.05) is 45.2 Å². The standard InChI is InChI=1S/C9H17N3O/c13-9-7-8(1-2-11-9)12-5-3-10-4-6-12/h8,10H,1-7H2,(H,11,13). The molecule has 2 aliphatic rings. The Morgan fingerprint density at radius 3 is 2.69 bits per heavy atom. The van der Waals surface area contributed by atoms with Gasteiger partial charge in [0.1, 0.15) is 0 Å². The van der Waals surface area contributed by atoms with Crippen LogP contribution in [0.4, 0.5) is 0 Å². The highest BCUT2D eigenvalue weighted by atomic mass is 16.1. The molecule has 2 heterocycles. The Morgan fingerprint density at radius 2 is 2.00 bits per heavy atom. The normalized spacial score (nSPS) is 31.4. The summed E-state index contributed by atoms with van der Waals surface area (Å²) in [5.41, 5.74) is 0. The van der Waals surface area contributed by atoms with E-state index in [1.165, 1.54) is 0 Å². The smallest absolute Gasteiger partial charge is 0.221 e. The molecule has 1 unspecified atom stereocenters. The monoisotopic (exact) mass is 183 g/mol. The molecule has 2 saturated heterocycles. The Morgan fingerprint density at radius 1 is 1.23 bits per heavy atom. The van der Waals surface area contributed by atoms with E-state index < -0.39 is 0 Å². The second-order valence-corrected chi connectivity index (χ2v) is 3.78. The number of carbonyl (C=O) groups excluding carboxylic acids is 1. The predicted molar refractivity (Wildman–Crippen MR) is 50.5 cm³/mol. The molecule has 0 bridgehead atoms. The quantitative estimate of drug-likeness (QED) is 0.558. The molecule has 2 rings (SSSR count). The molecule has 0 aliphatic carbocycles. The van der Waals surface area contributed by atoms with Crippen molar-refractivity contribution in [2.75, 3.05) is 32.7 Å². The maximum atomic E-state index is 11.2. The van der Waals surface area contributed by atoms with E-state index in [9.17, 15) is 4.79 Å². The van der Waals surface area contributed by atoms with Gasteiger partial charge in [0.25, 0.3) is 0 Å². The molecule has 0 spiro atoms. The van der Waals surface area contributed by atoms with Crippen LogP contribution in [0.2, 0.25) is 0 Å². The Bertz CT molecular complexity index is 189. The van der Waals surface area contributed by atoms with Gasteiger partial charge in [0.05, 0.1) is 0 Å². The third-order valence-electron chi connectivity index (χ3n) is 2.89.